The summed E-state index contributed by atoms with van der Waals surface area (Å²) in [5, 5.41) is 0. The highest BCUT2D eigenvalue weighted by atomic mass is 16.5. The summed E-state index contributed by atoms with van der Waals surface area (Å²) in [6.45, 7) is 7.31. The van der Waals surface area contributed by atoms with Gasteiger partial charge in [-0.25, -0.2) is 0 Å². The van der Waals surface area contributed by atoms with Crippen LogP contribution in [0.5, 0.6) is 5.88 Å². The second-order valence-corrected chi connectivity index (χ2v) is 5.42. The predicted octanol–water partition coefficient (Wildman–Crippen LogP) is 1.20. The zero-order valence-electron chi connectivity index (χ0n) is 11.6. The molecule has 1 aromatic heterocycles. The number of nitrogens with two attached hydrogens (primary N) is 1. The SMILES string of the molecule is COc1ccc(N)c(N2CCN(C)C(C)(C)C2)n1. The maximum Gasteiger partial charge on any atom is 0.215 e. The van der Waals surface area contributed by atoms with Crippen molar-refractivity contribution in [3.05, 3.63) is 12.1 Å². The molecule has 5 heteroatoms. The van der Waals surface area contributed by atoms with Crippen molar-refractivity contribution in [2.75, 3.05) is 44.4 Å². The molecule has 2 N–H and O–H groups in total. The molecule has 0 unspecified atom stereocenters. The van der Waals surface area contributed by atoms with Gasteiger partial charge in [-0.05, 0) is 27.0 Å². The van der Waals surface area contributed by atoms with Gasteiger partial charge in [-0.3, -0.25) is 4.90 Å². The fraction of sp³-hybridized carbons (Fsp3) is 0.615. The number of ether oxygens (including phenoxy) is 1. The number of nitrogen functional groups attached to an aromatic ring is 1. The summed E-state index contributed by atoms with van der Waals surface area (Å²) in [7, 11) is 3.77. The zero-order chi connectivity index (χ0) is 13.3. The first-order chi connectivity index (χ1) is 8.44. The molecule has 100 valence electrons. The maximum absolute atomic E-state index is 6.02. The van der Waals surface area contributed by atoms with E-state index in [4.69, 9.17) is 10.5 Å². The monoisotopic (exact) mass is 250 g/mol. The highest BCUT2D eigenvalue weighted by molar-refractivity contribution is 5.64. The van der Waals surface area contributed by atoms with Gasteiger partial charge in [-0.2, -0.15) is 4.98 Å². The summed E-state index contributed by atoms with van der Waals surface area (Å²) >= 11 is 0. The van der Waals surface area contributed by atoms with Crippen LogP contribution in [-0.2, 0) is 0 Å². The van der Waals surface area contributed by atoms with E-state index in [2.05, 4.69) is 35.7 Å². The maximum atomic E-state index is 6.02. The summed E-state index contributed by atoms with van der Waals surface area (Å²) in [5.74, 6) is 1.44. The molecular formula is C13H22N4O. The standard InChI is InChI=1S/C13H22N4O/c1-13(2)9-17(8-7-16(13)3)12-10(14)5-6-11(15-12)18-4/h5-6H,7-9,14H2,1-4H3. The van der Waals surface area contributed by atoms with Crippen molar-refractivity contribution in [2.24, 2.45) is 0 Å². The molecule has 5 nitrogen and oxygen atoms in total. The molecule has 2 rings (SSSR count). The smallest absolute Gasteiger partial charge is 0.215 e. The van der Waals surface area contributed by atoms with Gasteiger partial charge in [-0.15, -0.1) is 0 Å². The van der Waals surface area contributed by atoms with Crippen molar-refractivity contribution in [3.8, 4) is 5.88 Å². The minimum Gasteiger partial charge on any atom is -0.481 e. The number of likely N-dealkylation sites (N-methyl/N-ethyl adjacent to an activating group) is 1. The molecular weight excluding hydrogens is 228 g/mol. The van der Waals surface area contributed by atoms with Crippen LogP contribution in [0.3, 0.4) is 0 Å². The van der Waals surface area contributed by atoms with Crippen molar-refractivity contribution >= 4 is 11.5 Å². The van der Waals surface area contributed by atoms with Gasteiger partial charge in [0.15, 0.2) is 5.82 Å². The molecule has 1 aromatic rings. The van der Waals surface area contributed by atoms with Gasteiger partial charge in [0.25, 0.3) is 0 Å². The summed E-state index contributed by atoms with van der Waals surface area (Å²) in [5.41, 5.74) is 6.85. The minimum atomic E-state index is 0.120. The van der Waals surface area contributed by atoms with Gasteiger partial charge in [0.1, 0.15) is 0 Å². The Morgan fingerprint density at radius 1 is 1.33 bits per heavy atom. The van der Waals surface area contributed by atoms with Crippen LogP contribution in [0.15, 0.2) is 12.1 Å². The molecule has 0 amide bonds. The van der Waals surface area contributed by atoms with E-state index in [9.17, 15) is 0 Å². The summed E-state index contributed by atoms with van der Waals surface area (Å²) < 4.78 is 5.17. The van der Waals surface area contributed by atoms with Gasteiger partial charge in [-0.1, -0.05) is 0 Å². The molecule has 1 aliphatic rings. The molecule has 1 saturated heterocycles. The number of nitrogens with zero attached hydrogens (tertiary/aromatic N) is 3. The van der Waals surface area contributed by atoms with Gasteiger partial charge >= 0.3 is 0 Å². The first kappa shape index (κ1) is 13.0. The van der Waals surface area contributed by atoms with E-state index in [0.29, 0.717) is 11.6 Å². The second kappa shape index (κ2) is 4.65. The van der Waals surface area contributed by atoms with Gasteiger partial charge in [0.05, 0.1) is 12.8 Å². The number of aromatic nitrogens is 1. The highest BCUT2D eigenvalue weighted by Gasteiger charge is 2.32. The number of methoxy groups -OCH3 is 1. The van der Waals surface area contributed by atoms with E-state index in [1.165, 1.54) is 0 Å². The zero-order valence-corrected chi connectivity index (χ0v) is 11.6. The van der Waals surface area contributed by atoms with Gasteiger partial charge < -0.3 is 15.4 Å². The number of hydrogen-bond acceptors (Lipinski definition) is 5. The quantitative estimate of drug-likeness (QED) is 0.855. The van der Waals surface area contributed by atoms with Crippen LogP contribution in [0.1, 0.15) is 13.8 Å². The fourth-order valence-electron chi connectivity index (χ4n) is 2.23. The van der Waals surface area contributed by atoms with E-state index in [0.717, 1.165) is 25.5 Å². The van der Waals surface area contributed by atoms with E-state index < -0.39 is 0 Å². The molecule has 1 fully saturated rings. The first-order valence-corrected chi connectivity index (χ1v) is 6.21. The van der Waals surface area contributed by atoms with Crippen LogP contribution in [-0.4, -0.2) is 49.2 Å². The average molecular weight is 250 g/mol. The largest absolute Gasteiger partial charge is 0.481 e. The Morgan fingerprint density at radius 2 is 2.06 bits per heavy atom. The second-order valence-electron chi connectivity index (χ2n) is 5.42. The third-order valence-electron chi connectivity index (χ3n) is 3.70. The third-order valence-corrected chi connectivity index (χ3v) is 3.70. The fourth-order valence-corrected chi connectivity index (χ4v) is 2.23. The molecule has 0 aliphatic carbocycles. The summed E-state index contributed by atoms with van der Waals surface area (Å²) in [4.78, 5) is 9.06. The lowest BCUT2D eigenvalue weighted by molar-refractivity contribution is 0.138. The molecule has 2 heterocycles. The average Bonchev–Trinajstić information content (AvgIpc) is 2.33. The topological polar surface area (TPSA) is 54.6 Å². The van der Waals surface area contributed by atoms with Crippen LogP contribution in [0.2, 0.25) is 0 Å². The van der Waals surface area contributed by atoms with E-state index in [1.54, 1.807) is 13.2 Å². The van der Waals surface area contributed by atoms with Crippen LogP contribution >= 0.6 is 0 Å². The molecule has 0 atom stereocenters. The Bertz CT molecular complexity index is 433. The summed E-state index contributed by atoms with van der Waals surface area (Å²) in [6, 6.07) is 3.65. The first-order valence-electron chi connectivity index (χ1n) is 6.21. The van der Waals surface area contributed by atoms with Gasteiger partial charge in [0, 0.05) is 31.2 Å². The highest BCUT2D eigenvalue weighted by Crippen LogP contribution is 2.28. The number of pyridine rings is 1. The Kier molecular flexibility index (Phi) is 3.34. The Morgan fingerprint density at radius 3 is 2.67 bits per heavy atom. The Hall–Kier alpha value is -1.49. The lowest BCUT2D eigenvalue weighted by atomic mass is 10.00. The van der Waals surface area contributed by atoms with Crippen molar-refractivity contribution in [3.63, 3.8) is 0 Å². The molecule has 0 spiro atoms. The summed E-state index contributed by atoms with van der Waals surface area (Å²) in [6.07, 6.45) is 0. The molecule has 0 bridgehead atoms. The number of rotatable bonds is 2. The van der Waals surface area contributed by atoms with Crippen LogP contribution in [0.25, 0.3) is 0 Å². The molecule has 0 aromatic carbocycles. The number of hydrogen-bond donors (Lipinski definition) is 1. The number of anilines is 2. The van der Waals surface area contributed by atoms with E-state index in [-0.39, 0.29) is 5.54 Å². The van der Waals surface area contributed by atoms with Crippen LogP contribution in [0, 0.1) is 0 Å². The third kappa shape index (κ3) is 2.36. The van der Waals surface area contributed by atoms with Crippen molar-refractivity contribution < 1.29 is 4.74 Å². The van der Waals surface area contributed by atoms with Crippen molar-refractivity contribution in [1.82, 2.24) is 9.88 Å². The lowest BCUT2D eigenvalue weighted by Gasteiger charge is -2.46. The number of piperazine rings is 1. The molecule has 18 heavy (non-hydrogen) atoms. The van der Waals surface area contributed by atoms with Crippen molar-refractivity contribution in [2.45, 2.75) is 19.4 Å². The molecule has 1 aliphatic heterocycles. The Labute approximate surface area is 109 Å². The molecule has 0 radical (unpaired) electrons. The van der Waals surface area contributed by atoms with Gasteiger partial charge in [0.2, 0.25) is 5.88 Å². The normalized spacial score (nSPS) is 19.9. The van der Waals surface area contributed by atoms with E-state index >= 15 is 0 Å². The predicted molar refractivity (Wildman–Crippen MR) is 74.1 cm³/mol. The minimum absolute atomic E-state index is 0.120. The van der Waals surface area contributed by atoms with Crippen molar-refractivity contribution in [1.29, 1.82) is 0 Å². The van der Waals surface area contributed by atoms with E-state index in [1.807, 2.05) is 6.07 Å². The van der Waals surface area contributed by atoms with Crippen LogP contribution < -0.4 is 15.4 Å². The lowest BCUT2D eigenvalue weighted by Crippen LogP contribution is -2.58. The molecule has 0 saturated carbocycles. The van der Waals surface area contributed by atoms with Crippen LogP contribution in [0.4, 0.5) is 11.5 Å². The Balaban J connectivity index is 2.26.